The van der Waals surface area contributed by atoms with E-state index in [1.165, 1.54) is 0 Å². The van der Waals surface area contributed by atoms with Gasteiger partial charge in [-0.1, -0.05) is 30.3 Å². The Morgan fingerprint density at radius 2 is 2.06 bits per heavy atom. The number of thiol groups is 1. The van der Waals surface area contributed by atoms with Crippen LogP contribution in [0.3, 0.4) is 0 Å². The lowest BCUT2D eigenvalue weighted by Crippen LogP contribution is -2.39. The van der Waals surface area contributed by atoms with Gasteiger partial charge in [0.25, 0.3) is 0 Å². The number of amides is 1. The standard InChI is InChI=1S/C14H21NO2S/c1-3-15(9-10-17-2)14(16)13(18)11-12-7-5-4-6-8-12/h4-8,13,18H,3,9-11H2,1-2H3. The molecule has 3 nitrogen and oxygen atoms in total. The summed E-state index contributed by atoms with van der Waals surface area (Å²) in [6.45, 7) is 3.84. The fourth-order valence-electron chi connectivity index (χ4n) is 1.76. The number of methoxy groups -OCH3 is 1. The molecule has 1 unspecified atom stereocenters. The second-order valence-corrected chi connectivity index (χ2v) is 4.74. The smallest absolute Gasteiger partial charge is 0.235 e. The van der Waals surface area contributed by atoms with E-state index in [1.807, 2.05) is 37.3 Å². The summed E-state index contributed by atoms with van der Waals surface area (Å²) in [5, 5.41) is -0.288. The highest BCUT2D eigenvalue weighted by molar-refractivity contribution is 7.81. The van der Waals surface area contributed by atoms with E-state index >= 15 is 0 Å². The largest absolute Gasteiger partial charge is 0.383 e. The van der Waals surface area contributed by atoms with Crippen molar-refractivity contribution in [1.29, 1.82) is 0 Å². The van der Waals surface area contributed by atoms with Crippen LogP contribution in [0, 0.1) is 0 Å². The Morgan fingerprint density at radius 3 is 2.61 bits per heavy atom. The molecule has 1 rings (SSSR count). The summed E-state index contributed by atoms with van der Waals surface area (Å²) in [5.74, 6) is 0.0711. The van der Waals surface area contributed by atoms with Gasteiger partial charge in [-0.2, -0.15) is 12.6 Å². The number of carbonyl (C=O) groups is 1. The average molecular weight is 267 g/mol. The first-order valence-electron chi connectivity index (χ1n) is 6.18. The number of hydrogen-bond donors (Lipinski definition) is 1. The van der Waals surface area contributed by atoms with Gasteiger partial charge in [-0.05, 0) is 18.9 Å². The van der Waals surface area contributed by atoms with E-state index in [4.69, 9.17) is 4.74 Å². The average Bonchev–Trinajstić information content (AvgIpc) is 2.40. The molecular weight excluding hydrogens is 246 g/mol. The zero-order chi connectivity index (χ0) is 13.4. The number of benzene rings is 1. The minimum absolute atomic E-state index is 0.0711. The number of rotatable bonds is 7. The highest BCUT2D eigenvalue weighted by Crippen LogP contribution is 2.10. The summed E-state index contributed by atoms with van der Waals surface area (Å²) in [5.41, 5.74) is 1.13. The molecule has 1 aromatic rings. The van der Waals surface area contributed by atoms with Gasteiger partial charge in [0.05, 0.1) is 11.9 Å². The zero-order valence-corrected chi connectivity index (χ0v) is 11.9. The molecular formula is C14H21NO2S. The lowest BCUT2D eigenvalue weighted by molar-refractivity contribution is -0.131. The molecule has 0 radical (unpaired) electrons. The molecule has 0 spiro atoms. The first kappa shape index (κ1) is 15.1. The van der Waals surface area contributed by atoms with Crippen LogP contribution in [0.2, 0.25) is 0 Å². The van der Waals surface area contributed by atoms with Crippen LogP contribution >= 0.6 is 12.6 Å². The Labute approximate surface area is 115 Å². The zero-order valence-electron chi connectivity index (χ0n) is 11.0. The molecule has 1 amide bonds. The highest BCUT2D eigenvalue weighted by atomic mass is 32.1. The van der Waals surface area contributed by atoms with Crippen LogP contribution in [0.1, 0.15) is 12.5 Å². The Hall–Kier alpha value is -1.00. The maximum Gasteiger partial charge on any atom is 0.235 e. The van der Waals surface area contributed by atoms with Crippen molar-refractivity contribution in [2.75, 3.05) is 26.8 Å². The van der Waals surface area contributed by atoms with E-state index in [-0.39, 0.29) is 11.2 Å². The first-order valence-corrected chi connectivity index (χ1v) is 6.70. The van der Waals surface area contributed by atoms with Crippen molar-refractivity contribution in [1.82, 2.24) is 4.90 Å². The first-order chi connectivity index (χ1) is 8.69. The Kier molecular flexibility index (Phi) is 6.83. The predicted octanol–water partition coefficient (Wildman–Crippen LogP) is 2.02. The third kappa shape index (κ3) is 4.70. The number of ether oxygens (including phenoxy) is 1. The van der Waals surface area contributed by atoms with Crippen LogP contribution in [0.15, 0.2) is 30.3 Å². The Bertz CT molecular complexity index is 356. The van der Waals surface area contributed by atoms with Gasteiger partial charge in [0.1, 0.15) is 0 Å². The van der Waals surface area contributed by atoms with Gasteiger partial charge in [-0.3, -0.25) is 4.79 Å². The second-order valence-electron chi connectivity index (χ2n) is 4.12. The van der Waals surface area contributed by atoms with E-state index in [2.05, 4.69) is 12.6 Å². The Balaban J connectivity index is 2.54. The molecule has 0 aliphatic heterocycles. The van der Waals surface area contributed by atoms with Gasteiger partial charge in [0.15, 0.2) is 0 Å². The summed E-state index contributed by atoms with van der Waals surface area (Å²) in [4.78, 5) is 14.0. The summed E-state index contributed by atoms with van der Waals surface area (Å²) >= 11 is 4.42. The van der Waals surface area contributed by atoms with Crippen molar-refractivity contribution in [3.05, 3.63) is 35.9 Å². The van der Waals surface area contributed by atoms with E-state index in [0.717, 1.165) is 5.56 Å². The van der Waals surface area contributed by atoms with Crippen molar-refractivity contribution in [3.63, 3.8) is 0 Å². The van der Waals surface area contributed by atoms with E-state index in [9.17, 15) is 4.79 Å². The second kappa shape index (κ2) is 8.16. The molecule has 100 valence electrons. The highest BCUT2D eigenvalue weighted by Gasteiger charge is 2.20. The molecule has 0 N–H and O–H groups in total. The fourth-order valence-corrected chi connectivity index (χ4v) is 2.14. The molecule has 0 bridgehead atoms. The van der Waals surface area contributed by atoms with E-state index in [1.54, 1.807) is 12.0 Å². The topological polar surface area (TPSA) is 29.5 Å². The maximum absolute atomic E-state index is 12.2. The molecule has 1 aromatic carbocycles. The molecule has 18 heavy (non-hydrogen) atoms. The minimum Gasteiger partial charge on any atom is -0.383 e. The van der Waals surface area contributed by atoms with Crippen molar-refractivity contribution in [2.24, 2.45) is 0 Å². The molecule has 0 heterocycles. The van der Waals surface area contributed by atoms with Crippen LogP contribution in [0.5, 0.6) is 0 Å². The molecule has 0 aliphatic carbocycles. The quantitative estimate of drug-likeness (QED) is 0.766. The normalized spacial score (nSPS) is 12.2. The van der Waals surface area contributed by atoms with Gasteiger partial charge in [0, 0.05) is 20.2 Å². The number of carbonyl (C=O) groups excluding carboxylic acids is 1. The lowest BCUT2D eigenvalue weighted by Gasteiger charge is -2.23. The third-order valence-electron chi connectivity index (χ3n) is 2.82. The van der Waals surface area contributed by atoms with Crippen LogP contribution in [0.25, 0.3) is 0 Å². The van der Waals surface area contributed by atoms with Crippen molar-refractivity contribution in [3.8, 4) is 0 Å². The third-order valence-corrected chi connectivity index (χ3v) is 3.22. The number of nitrogens with zero attached hydrogens (tertiary/aromatic N) is 1. The van der Waals surface area contributed by atoms with E-state index in [0.29, 0.717) is 26.1 Å². The molecule has 0 fully saturated rings. The number of likely N-dealkylation sites (N-methyl/N-ethyl adjacent to an activating group) is 1. The van der Waals surface area contributed by atoms with Gasteiger partial charge >= 0.3 is 0 Å². The molecule has 1 atom stereocenters. The van der Waals surface area contributed by atoms with Gasteiger partial charge in [0.2, 0.25) is 5.91 Å². The van der Waals surface area contributed by atoms with Crippen molar-refractivity contribution < 1.29 is 9.53 Å². The number of hydrogen-bond acceptors (Lipinski definition) is 3. The summed E-state index contributed by atoms with van der Waals surface area (Å²) in [6.07, 6.45) is 0.659. The molecule has 0 saturated heterocycles. The summed E-state index contributed by atoms with van der Waals surface area (Å²) in [7, 11) is 1.64. The van der Waals surface area contributed by atoms with Crippen LogP contribution in [-0.2, 0) is 16.0 Å². The fraction of sp³-hybridized carbons (Fsp3) is 0.500. The van der Waals surface area contributed by atoms with Gasteiger partial charge in [-0.15, -0.1) is 0 Å². The molecule has 0 aromatic heterocycles. The van der Waals surface area contributed by atoms with E-state index < -0.39 is 0 Å². The Morgan fingerprint density at radius 1 is 1.39 bits per heavy atom. The SMILES string of the molecule is CCN(CCOC)C(=O)C(S)Cc1ccccc1. The van der Waals surface area contributed by atoms with Gasteiger partial charge in [-0.25, -0.2) is 0 Å². The van der Waals surface area contributed by atoms with Crippen LogP contribution in [-0.4, -0.2) is 42.9 Å². The molecule has 4 heteroatoms. The van der Waals surface area contributed by atoms with Crippen molar-refractivity contribution >= 4 is 18.5 Å². The monoisotopic (exact) mass is 267 g/mol. The van der Waals surface area contributed by atoms with Crippen molar-refractivity contribution in [2.45, 2.75) is 18.6 Å². The predicted molar refractivity (Wildman–Crippen MR) is 77.1 cm³/mol. The van der Waals surface area contributed by atoms with Crippen LogP contribution in [0.4, 0.5) is 0 Å². The van der Waals surface area contributed by atoms with Gasteiger partial charge < -0.3 is 9.64 Å². The minimum atomic E-state index is -0.288. The molecule has 0 aliphatic rings. The summed E-state index contributed by atoms with van der Waals surface area (Å²) < 4.78 is 5.00. The molecule has 0 saturated carbocycles. The van der Waals surface area contributed by atoms with Crippen LogP contribution < -0.4 is 0 Å². The summed E-state index contributed by atoms with van der Waals surface area (Å²) in [6, 6.07) is 9.95. The maximum atomic E-state index is 12.2. The lowest BCUT2D eigenvalue weighted by atomic mass is 10.1.